The van der Waals surface area contributed by atoms with Gasteiger partial charge in [0.25, 0.3) is 5.91 Å². The van der Waals surface area contributed by atoms with Crippen molar-refractivity contribution < 1.29 is 19.4 Å². The van der Waals surface area contributed by atoms with Crippen LogP contribution in [0.2, 0.25) is 10.0 Å². The van der Waals surface area contributed by atoms with Crippen LogP contribution in [0, 0.1) is 0 Å². The van der Waals surface area contributed by atoms with E-state index in [4.69, 9.17) is 27.9 Å². The minimum absolute atomic E-state index is 0.0403. The molecule has 0 radical (unpaired) electrons. The predicted octanol–water partition coefficient (Wildman–Crippen LogP) is 7.58. The molecule has 0 fully saturated rings. The molecule has 5 aromatic rings. The number of carbonyl (C=O) groups is 2. The lowest BCUT2D eigenvalue weighted by Crippen LogP contribution is -2.18. The molecule has 0 saturated carbocycles. The Bertz CT molecular complexity index is 1690. The van der Waals surface area contributed by atoms with Gasteiger partial charge in [0.15, 0.2) is 5.69 Å². The summed E-state index contributed by atoms with van der Waals surface area (Å²) >= 11 is 12.3. The van der Waals surface area contributed by atoms with Crippen molar-refractivity contribution in [2.75, 3.05) is 11.9 Å². The van der Waals surface area contributed by atoms with Crippen LogP contribution < -0.4 is 5.32 Å². The highest BCUT2D eigenvalue weighted by molar-refractivity contribution is 6.31. The first kappa shape index (κ1) is 27.5. The molecule has 202 valence electrons. The molecule has 4 aromatic carbocycles. The fraction of sp³-hybridized carbons (Fsp3) is 0.125. The predicted molar refractivity (Wildman–Crippen MR) is 159 cm³/mol. The normalized spacial score (nSPS) is 11.0. The summed E-state index contributed by atoms with van der Waals surface area (Å²) in [6, 6.07) is 27.4. The molecule has 2 N–H and O–H groups in total. The van der Waals surface area contributed by atoms with Crippen molar-refractivity contribution in [3.63, 3.8) is 0 Å². The number of amides is 1. The van der Waals surface area contributed by atoms with Gasteiger partial charge < -0.3 is 19.7 Å². The van der Waals surface area contributed by atoms with Crippen molar-refractivity contribution in [2.24, 2.45) is 0 Å². The van der Waals surface area contributed by atoms with Gasteiger partial charge in [0.2, 0.25) is 0 Å². The van der Waals surface area contributed by atoms with E-state index in [-0.39, 0.29) is 24.8 Å². The minimum atomic E-state index is -0.555. The molecule has 0 aliphatic carbocycles. The Morgan fingerprint density at radius 3 is 2.25 bits per heavy atom. The van der Waals surface area contributed by atoms with Crippen LogP contribution in [-0.2, 0) is 17.9 Å². The number of ether oxygens (including phenoxy) is 1. The van der Waals surface area contributed by atoms with E-state index < -0.39 is 5.97 Å². The number of nitrogens with zero attached hydrogens (tertiary/aromatic N) is 1. The molecular weight excluding hydrogens is 547 g/mol. The number of hydrogen-bond donors (Lipinski definition) is 2. The number of rotatable bonds is 8. The first-order valence-corrected chi connectivity index (χ1v) is 13.5. The fourth-order valence-electron chi connectivity index (χ4n) is 4.64. The summed E-state index contributed by atoms with van der Waals surface area (Å²) in [6.45, 7) is 2.18. The highest BCUT2D eigenvalue weighted by Gasteiger charge is 2.26. The Hall–Kier alpha value is -4.10. The van der Waals surface area contributed by atoms with Crippen LogP contribution in [0.5, 0.6) is 0 Å². The van der Waals surface area contributed by atoms with Gasteiger partial charge in [-0.15, -0.1) is 0 Å². The molecule has 0 aliphatic heterocycles. The number of anilines is 1. The van der Waals surface area contributed by atoms with Gasteiger partial charge in [0, 0.05) is 27.5 Å². The Morgan fingerprint density at radius 2 is 1.57 bits per heavy atom. The van der Waals surface area contributed by atoms with Crippen LogP contribution in [0.1, 0.15) is 38.9 Å². The maximum atomic E-state index is 13.4. The van der Waals surface area contributed by atoms with E-state index in [1.807, 2.05) is 65.2 Å². The largest absolute Gasteiger partial charge is 0.461 e. The molecule has 0 aliphatic rings. The zero-order valence-corrected chi connectivity index (χ0v) is 23.2. The minimum Gasteiger partial charge on any atom is -0.461 e. The summed E-state index contributed by atoms with van der Waals surface area (Å²) in [5.74, 6) is -0.936. The Kier molecular flexibility index (Phi) is 8.21. The molecule has 8 heteroatoms. The molecule has 5 rings (SSSR count). The quantitative estimate of drug-likeness (QED) is 0.188. The number of aliphatic hydroxyl groups excluding tert-OH is 1. The van der Waals surface area contributed by atoms with Gasteiger partial charge in [-0.1, -0.05) is 71.7 Å². The van der Waals surface area contributed by atoms with E-state index in [2.05, 4.69) is 5.32 Å². The lowest BCUT2D eigenvalue weighted by atomic mass is 10.0. The number of halogens is 2. The lowest BCUT2D eigenvalue weighted by Gasteiger charge is -2.13. The standard InChI is InChI=1S/C32H26Cl2N2O4/c1-2-40-32(39)30-29(35-31(38)23-10-13-25(33)14-11-23)27-15-12-24(22-8-6-20(19-37)7-9-22)17-28(27)36(30)18-21-4-3-5-26(34)16-21/h3-17,37H,2,18-19H2,1H3,(H,35,38). The molecule has 0 bridgehead atoms. The van der Waals surface area contributed by atoms with Gasteiger partial charge in [-0.3, -0.25) is 4.79 Å². The van der Waals surface area contributed by atoms with Crippen LogP contribution >= 0.6 is 23.2 Å². The average Bonchev–Trinajstić information content (AvgIpc) is 3.25. The number of aromatic nitrogens is 1. The number of esters is 1. The van der Waals surface area contributed by atoms with Crippen molar-refractivity contribution >= 4 is 51.7 Å². The van der Waals surface area contributed by atoms with Crippen LogP contribution in [-0.4, -0.2) is 28.2 Å². The highest BCUT2D eigenvalue weighted by atomic mass is 35.5. The second-order valence-corrected chi connectivity index (χ2v) is 10.1. The fourth-order valence-corrected chi connectivity index (χ4v) is 4.98. The summed E-state index contributed by atoms with van der Waals surface area (Å²) in [4.78, 5) is 26.7. The summed E-state index contributed by atoms with van der Waals surface area (Å²) in [7, 11) is 0. The average molecular weight is 573 g/mol. The van der Waals surface area contributed by atoms with Crippen molar-refractivity contribution in [1.29, 1.82) is 0 Å². The number of hydrogen-bond acceptors (Lipinski definition) is 4. The second-order valence-electron chi connectivity index (χ2n) is 9.21. The molecule has 1 heterocycles. The summed E-state index contributed by atoms with van der Waals surface area (Å²) < 4.78 is 7.31. The van der Waals surface area contributed by atoms with Gasteiger partial charge >= 0.3 is 5.97 Å². The third-order valence-corrected chi connectivity index (χ3v) is 7.06. The number of aliphatic hydroxyl groups is 1. The van der Waals surface area contributed by atoms with Crippen molar-refractivity contribution in [3.8, 4) is 11.1 Å². The lowest BCUT2D eigenvalue weighted by molar-refractivity contribution is 0.0516. The van der Waals surface area contributed by atoms with E-state index in [9.17, 15) is 14.7 Å². The summed E-state index contributed by atoms with van der Waals surface area (Å²) in [5.41, 5.74) is 5.26. The van der Waals surface area contributed by atoms with Crippen molar-refractivity contribution in [3.05, 3.63) is 123 Å². The van der Waals surface area contributed by atoms with Gasteiger partial charge in [-0.05, 0) is 71.6 Å². The van der Waals surface area contributed by atoms with E-state index in [0.717, 1.165) is 27.8 Å². The zero-order valence-electron chi connectivity index (χ0n) is 21.7. The first-order valence-electron chi connectivity index (χ1n) is 12.7. The molecule has 0 atom stereocenters. The van der Waals surface area contributed by atoms with Gasteiger partial charge in [-0.25, -0.2) is 4.79 Å². The Balaban J connectivity index is 1.70. The Morgan fingerprint density at radius 1 is 0.850 bits per heavy atom. The topological polar surface area (TPSA) is 80.6 Å². The molecule has 0 unspecified atom stereocenters. The van der Waals surface area contributed by atoms with E-state index in [0.29, 0.717) is 33.2 Å². The highest BCUT2D eigenvalue weighted by Crippen LogP contribution is 2.36. The number of fused-ring (bicyclic) bond motifs is 1. The summed E-state index contributed by atoms with van der Waals surface area (Å²) in [5, 5.41) is 14.2. The van der Waals surface area contributed by atoms with Crippen LogP contribution in [0.4, 0.5) is 5.69 Å². The van der Waals surface area contributed by atoms with Crippen LogP contribution in [0.3, 0.4) is 0 Å². The van der Waals surface area contributed by atoms with Crippen LogP contribution in [0.15, 0.2) is 91.0 Å². The smallest absolute Gasteiger partial charge is 0.357 e. The third kappa shape index (κ3) is 5.75. The molecule has 40 heavy (non-hydrogen) atoms. The van der Waals surface area contributed by atoms with E-state index in [1.165, 1.54) is 0 Å². The molecule has 0 saturated heterocycles. The SMILES string of the molecule is CCOC(=O)c1c(NC(=O)c2ccc(Cl)cc2)c2ccc(-c3ccc(CO)cc3)cc2n1Cc1cccc(Cl)c1. The number of carbonyl (C=O) groups excluding carboxylic acids is 2. The van der Waals surface area contributed by atoms with Crippen LogP contribution in [0.25, 0.3) is 22.0 Å². The third-order valence-electron chi connectivity index (χ3n) is 6.58. The number of nitrogens with one attached hydrogen (secondary N) is 1. The Labute approximate surface area is 241 Å². The second kappa shape index (κ2) is 12.0. The van der Waals surface area contributed by atoms with Gasteiger partial charge in [-0.2, -0.15) is 0 Å². The molecule has 0 spiro atoms. The van der Waals surface area contributed by atoms with E-state index in [1.54, 1.807) is 37.3 Å². The van der Waals surface area contributed by atoms with E-state index >= 15 is 0 Å². The molecule has 6 nitrogen and oxygen atoms in total. The molecule has 1 amide bonds. The van der Waals surface area contributed by atoms with Crippen molar-refractivity contribution in [2.45, 2.75) is 20.1 Å². The summed E-state index contributed by atoms with van der Waals surface area (Å²) in [6.07, 6.45) is 0. The molecule has 1 aromatic heterocycles. The monoisotopic (exact) mass is 572 g/mol. The van der Waals surface area contributed by atoms with Gasteiger partial charge in [0.05, 0.1) is 24.4 Å². The maximum absolute atomic E-state index is 13.4. The van der Waals surface area contributed by atoms with Gasteiger partial charge in [0.1, 0.15) is 0 Å². The maximum Gasteiger partial charge on any atom is 0.357 e. The molecular formula is C32H26Cl2N2O4. The first-order chi connectivity index (χ1) is 19.4. The zero-order chi connectivity index (χ0) is 28.2. The number of benzene rings is 4. The van der Waals surface area contributed by atoms with Crippen molar-refractivity contribution in [1.82, 2.24) is 4.57 Å².